The number of carboxylic acids is 1. The first-order valence-electron chi connectivity index (χ1n) is 6.16. The average Bonchev–Trinajstić information content (AvgIpc) is 2.48. The second-order valence-corrected chi connectivity index (χ2v) is 4.83. The number of nitro groups is 1. The monoisotopic (exact) mass is 361 g/mol. The van der Waals surface area contributed by atoms with Crippen LogP contribution in [0.5, 0.6) is 11.5 Å². The van der Waals surface area contributed by atoms with Gasteiger partial charge in [-0.1, -0.05) is 11.6 Å². The molecule has 0 heterocycles. The fourth-order valence-corrected chi connectivity index (χ4v) is 2.13. The van der Waals surface area contributed by atoms with Crippen molar-refractivity contribution in [2.24, 2.45) is 0 Å². The Morgan fingerprint density at radius 1 is 1.17 bits per heavy atom. The Balaban J connectivity index is 2.43. The van der Waals surface area contributed by atoms with Crippen LogP contribution in [0.25, 0.3) is 0 Å². The summed E-state index contributed by atoms with van der Waals surface area (Å²) in [6, 6.07) is 6.05. The molecule has 0 radical (unpaired) electrons. The van der Waals surface area contributed by atoms with Gasteiger partial charge >= 0.3 is 12.1 Å². The van der Waals surface area contributed by atoms with Crippen molar-refractivity contribution in [1.82, 2.24) is 0 Å². The van der Waals surface area contributed by atoms with Crippen LogP contribution in [-0.2, 0) is 6.18 Å². The van der Waals surface area contributed by atoms with Crippen LogP contribution in [0.4, 0.5) is 18.9 Å². The number of rotatable bonds is 4. The molecule has 10 heteroatoms. The molecule has 0 aliphatic rings. The van der Waals surface area contributed by atoms with Gasteiger partial charge in [0.25, 0.3) is 5.69 Å². The van der Waals surface area contributed by atoms with E-state index in [9.17, 15) is 28.1 Å². The molecule has 2 aromatic carbocycles. The Hall–Kier alpha value is -2.81. The third-order valence-corrected chi connectivity index (χ3v) is 3.28. The lowest BCUT2D eigenvalue weighted by Crippen LogP contribution is -2.13. The van der Waals surface area contributed by atoms with Crippen molar-refractivity contribution in [1.29, 1.82) is 0 Å². The summed E-state index contributed by atoms with van der Waals surface area (Å²) in [7, 11) is 0. The van der Waals surface area contributed by atoms with E-state index in [1.807, 2.05) is 0 Å². The van der Waals surface area contributed by atoms with E-state index in [4.69, 9.17) is 21.4 Å². The Labute approximate surface area is 137 Å². The van der Waals surface area contributed by atoms with Crippen molar-refractivity contribution in [2.45, 2.75) is 6.18 Å². The molecular weight excluding hydrogens is 355 g/mol. The fourth-order valence-electron chi connectivity index (χ4n) is 1.84. The number of alkyl halides is 3. The fraction of sp³-hybridized carbons (Fsp3) is 0.0714. The van der Waals surface area contributed by atoms with E-state index in [0.29, 0.717) is 6.07 Å². The molecule has 0 saturated heterocycles. The van der Waals surface area contributed by atoms with Gasteiger partial charge in [-0.15, -0.1) is 0 Å². The molecule has 2 rings (SSSR count). The third-order valence-electron chi connectivity index (χ3n) is 2.90. The maximum absolute atomic E-state index is 12.8. The number of hydrogen-bond acceptors (Lipinski definition) is 4. The van der Waals surface area contributed by atoms with Gasteiger partial charge in [0.2, 0.25) is 0 Å². The van der Waals surface area contributed by atoms with Gasteiger partial charge in [0, 0.05) is 12.1 Å². The lowest BCUT2D eigenvalue weighted by molar-refractivity contribution is -0.384. The molecule has 0 atom stereocenters. The molecule has 24 heavy (non-hydrogen) atoms. The van der Waals surface area contributed by atoms with Crippen LogP contribution in [0.2, 0.25) is 5.02 Å². The predicted molar refractivity (Wildman–Crippen MR) is 76.6 cm³/mol. The number of carboxylic acid groups (broad SMARTS) is 1. The van der Waals surface area contributed by atoms with Gasteiger partial charge < -0.3 is 9.84 Å². The van der Waals surface area contributed by atoms with Crippen molar-refractivity contribution >= 4 is 23.3 Å². The Kier molecular flexibility index (Phi) is 4.65. The molecule has 0 spiro atoms. The van der Waals surface area contributed by atoms with Gasteiger partial charge in [-0.05, 0) is 24.3 Å². The zero-order valence-corrected chi connectivity index (χ0v) is 12.3. The minimum atomic E-state index is -4.90. The van der Waals surface area contributed by atoms with Crippen molar-refractivity contribution < 1.29 is 32.7 Å². The van der Waals surface area contributed by atoms with E-state index in [-0.39, 0.29) is 17.2 Å². The van der Waals surface area contributed by atoms with E-state index in [1.165, 1.54) is 12.1 Å². The summed E-state index contributed by atoms with van der Waals surface area (Å²) < 4.78 is 43.7. The smallest absolute Gasteiger partial charge is 0.417 e. The first-order chi connectivity index (χ1) is 11.1. The molecule has 2 aromatic rings. The summed E-state index contributed by atoms with van der Waals surface area (Å²) in [6.45, 7) is 0. The van der Waals surface area contributed by atoms with E-state index >= 15 is 0 Å². The zero-order chi connectivity index (χ0) is 18.1. The molecule has 6 nitrogen and oxygen atoms in total. The summed E-state index contributed by atoms with van der Waals surface area (Å²) in [5.41, 5.74) is -2.76. The number of hydrogen-bond donors (Lipinski definition) is 1. The van der Waals surface area contributed by atoms with Gasteiger partial charge in [-0.3, -0.25) is 10.1 Å². The topological polar surface area (TPSA) is 89.7 Å². The number of aromatic carboxylic acids is 1. The normalized spacial score (nSPS) is 11.2. The summed E-state index contributed by atoms with van der Waals surface area (Å²) in [6.07, 6.45) is -4.90. The predicted octanol–water partition coefficient (Wildman–Crippen LogP) is 4.76. The lowest BCUT2D eigenvalue weighted by Gasteiger charge is -2.14. The summed E-state index contributed by atoms with van der Waals surface area (Å²) in [4.78, 5) is 21.0. The Morgan fingerprint density at radius 2 is 1.75 bits per heavy atom. The van der Waals surface area contributed by atoms with Crippen molar-refractivity contribution in [2.75, 3.05) is 0 Å². The minimum Gasteiger partial charge on any atom is -0.478 e. The molecule has 0 aliphatic heterocycles. The second kappa shape index (κ2) is 6.36. The average molecular weight is 362 g/mol. The molecule has 0 fully saturated rings. The Morgan fingerprint density at radius 3 is 2.21 bits per heavy atom. The molecule has 0 bridgehead atoms. The van der Waals surface area contributed by atoms with E-state index < -0.39 is 33.2 Å². The highest BCUT2D eigenvalue weighted by atomic mass is 35.5. The molecule has 0 aliphatic carbocycles. The molecule has 0 unspecified atom stereocenters. The number of halogens is 4. The lowest BCUT2D eigenvalue weighted by atomic mass is 10.1. The van der Waals surface area contributed by atoms with Gasteiger partial charge in [0.1, 0.15) is 11.5 Å². The summed E-state index contributed by atoms with van der Waals surface area (Å²) in [5, 5.41) is 18.8. The van der Waals surface area contributed by atoms with Crippen LogP contribution in [0.15, 0.2) is 36.4 Å². The SMILES string of the molecule is O=C(O)c1c(C(F)(F)F)ccc(Oc2ccc([N+](=O)[O-])cc2)c1Cl. The summed E-state index contributed by atoms with van der Waals surface area (Å²) in [5.74, 6) is -2.14. The number of carbonyl (C=O) groups is 1. The van der Waals surface area contributed by atoms with Crippen LogP contribution in [0.1, 0.15) is 15.9 Å². The highest BCUT2D eigenvalue weighted by molar-refractivity contribution is 6.35. The van der Waals surface area contributed by atoms with Crippen LogP contribution in [0, 0.1) is 10.1 Å². The van der Waals surface area contributed by atoms with Crippen LogP contribution >= 0.6 is 11.6 Å². The van der Waals surface area contributed by atoms with Crippen molar-refractivity contribution in [3.8, 4) is 11.5 Å². The second-order valence-electron chi connectivity index (χ2n) is 4.46. The van der Waals surface area contributed by atoms with E-state index in [0.717, 1.165) is 18.2 Å². The number of nitrogens with zero attached hydrogens (tertiary/aromatic N) is 1. The number of benzene rings is 2. The largest absolute Gasteiger partial charge is 0.478 e. The van der Waals surface area contributed by atoms with E-state index in [2.05, 4.69) is 0 Å². The molecular formula is C14H7ClF3NO5. The zero-order valence-electron chi connectivity index (χ0n) is 11.5. The maximum atomic E-state index is 12.8. The van der Waals surface area contributed by atoms with E-state index in [1.54, 1.807) is 0 Å². The van der Waals surface area contributed by atoms with Crippen molar-refractivity contribution in [3.05, 3.63) is 62.7 Å². The molecule has 126 valence electrons. The molecule has 0 aromatic heterocycles. The highest BCUT2D eigenvalue weighted by Crippen LogP contribution is 2.40. The van der Waals surface area contributed by atoms with Crippen LogP contribution in [0.3, 0.4) is 0 Å². The highest BCUT2D eigenvalue weighted by Gasteiger charge is 2.37. The maximum Gasteiger partial charge on any atom is 0.417 e. The van der Waals surface area contributed by atoms with Crippen LogP contribution in [-0.4, -0.2) is 16.0 Å². The van der Waals surface area contributed by atoms with Crippen molar-refractivity contribution in [3.63, 3.8) is 0 Å². The van der Waals surface area contributed by atoms with Gasteiger partial charge in [0.05, 0.1) is 21.1 Å². The number of non-ortho nitro benzene ring substituents is 1. The number of nitro benzene ring substituents is 1. The number of ether oxygens (including phenoxy) is 1. The van der Waals surface area contributed by atoms with Crippen LogP contribution < -0.4 is 4.74 Å². The van der Waals surface area contributed by atoms with Gasteiger partial charge in [0.15, 0.2) is 0 Å². The molecule has 1 N–H and O–H groups in total. The van der Waals surface area contributed by atoms with Gasteiger partial charge in [-0.2, -0.15) is 13.2 Å². The first-order valence-corrected chi connectivity index (χ1v) is 6.54. The summed E-state index contributed by atoms with van der Waals surface area (Å²) >= 11 is 5.73. The quantitative estimate of drug-likeness (QED) is 0.626. The minimum absolute atomic E-state index is 0.0404. The first kappa shape index (κ1) is 17.5. The molecule has 0 saturated carbocycles. The Bertz CT molecular complexity index is 805. The third kappa shape index (κ3) is 3.57. The standard InChI is InChI=1S/C14H7ClF3NO5/c15-12-10(24-8-3-1-7(2-4-8)19(22)23)6-5-9(14(16,17)18)11(12)13(20)21/h1-6H,(H,20,21). The molecule has 0 amide bonds. The van der Waals surface area contributed by atoms with Gasteiger partial charge in [-0.25, -0.2) is 4.79 Å².